The van der Waals surface area contributed by atoms with Crippen molar-refractivity contribution in [1.82, 2.24) is 4.90 Å². The Morgan fingerprint density at radius 2 is 1.61 bits per heavy atom. The van der Waals surface area contributed by atoms with E-state index < -0.39 is 23.8 Å². The number of nitrogens with zero attached hydrogens (tertiary/aromatic N) is 1. The van der Waals surface area contributed by atoms with Gasteiger partial charge in [-0.3, -0.25) is 14.4 Å². The lowest BCUT2D eigenvalue weighted by molar-refractivity contribution is -0.153. The molecule has 0 rings (SSSR count). The monoisotopic (exact) mass is 259 g/mol. The molecule has 0 aliphatic carbocycles. The maximum absolute atomic E-state index is 12.1. The van der Waals surface area contributed by atoms with E-state index in [1.54, 1.807) is 20.8 Å². The molecule has 1 N–H and O–H groups in total. The number of carboxylic acids is 1. The van der Waals surface area contributed by atoms with Crippen molar-refractivity contribution in [2.45, 2.75) is 33.7 Å². The maximum atomic E-state index is 12.1. The van der Waals surface area contributed by atoms with E-state index in [-0.39, 0.29) is 18.5 Å². The van der Waals surface area contributed by atoms with Crippen LogP contribution in [-0.2, 0) is 19.1 Å². The fourth-order valence-electron chi connectivity index (χ4n) is 1.41. The molecule has 0 radical (unpaired) electrons. The number of rotatable bonds is 6. The lowest BCUT2D eigenvalue weighted by atomic mass is 9.94. The molecule has 0 aliphatic heterocycles. The van der Waals surface area contributed by atoms with Gasteiger partial charge in [0.15, 0.2) is 0 Å². The third-order valence-electron chi connectivity index (χ3n) is 2.96. The predicted octanol–water partition coefficient (Wildman–Crippen LogP) is 0.753. The summed E-state index contributed by atoms with van der Waals surface area (Å²) in [6.07, 6.45) is 0. The molecule has 104 valence electrons. The quantitative estimate of drug-likeness (QED) is 0.712. The second kappa shape index (κ2) is 6.98. The Morgan fingerprint density at radius 1 is 1.11 bits per heavy atom. The summed E-state index contributed by atoms with van der Waals surface area (Å²) in [6.45, 7) is 6.39. The summed E-state index contributed by atoms with van der Waals surface area (Å²) in [5.74, 6) is -3.39. The van der Waals surface area contributed by atoms with Crippen molar-refractivity contribution in [2.24, 2.45) is 11.8 Å². The molecule has 6 heteroatoms. The van der Waals surface area contributed by atoms with Crippen molar-refractivity contribution in [3.8, 4) is 0 Å². The third-order valence-corrected chi connectivity index (χ3v) is 2.96. The largest absolute Gasteiger partial charge is 0.481 e. The van der Waals surface area contributed by atoms with Crippen LogP contribution < -0.4 is 0 Å². The minimum atomic E-state index is -1.03. The molecule has 0 aromatic carbocycles. The fourth-order valence-corrected chi connectivity index (χ4v) is 1.41. The first kappa shape index (κ1) is 16.4. The van der Waals surface area contributed by atoms with Gasteiger partial charge >= 0.3 is 11.9 Å². The standard InChI is InChI=1S/C12H21NO5/c1-7(2)13(6-10(14)18-5)11(15)8(3)9(4)12(16)17/h7-9H,6H2,1-5H3,(H,16,17). The first-order valence-electron chi connectivity index (χ1n) is 5.82. The van der Waals surface area contributed by atoms with Crippen LogP contribution in [0, 0.1) is 11.8 Å². The van der Waals surface area contributed by atoms with Crippen LogP contribution in [0.5, 0.6) is 0 Å². The number of carbonyl (C=O) groups is 3. The fraction of sp³-hybridized carbons (Fsp3) is 0.750. The van der Waals surface area contributed by atoms with Crippen LogP contribution in [0.3, 0.4) is 0 Å². The summed E-state index contributed by atoms with van der Waals surface area (Å²) < 4.78 is 4.52. The molecule has 0 saturated carbocycles. The van der Waals surface area contributed by atoms with E-state index in [1.165, 1.54) is 18.9 Å². The normalized spacial score (nSPS) is 13.9. The highest BCUT2D eigenvalue weighted by Gasteiger charge is 2.31. The summed E-state index contributed by atoms with van der Waals surface area (Å²) in [4.78, 5) is 35.5. The summed E-state index contributed by atoms with van der Waals surface area (Å²) >= 11 is 0. The topological polar surface area (TPSA) is 83.9 Å². The minimum absolute atomic E-state index is 0.163. The van der Waals surface area contributed by atoms with Crippen LogP contribution >= 0.6 is 0 Å². The Kier molecular flexibility index (Phi) is 6.36. The predicted molar refractivity (Wildman–Crippen MR) is 64.8 cm³/mol. The lowest BCUT2D eigenvalue weighted by Gasteiger charge is -2.29. The number of methoxy groups -OCH3 is 1. The second-order valence-corrected chi connectivity index (χ2v) is 4.55. The van der Waals surface area contributed by atoms with Crippen molar-refractivity contribution < 1.29 is 24.2 Å². The highest BCUT2D eigenvalue weighted by atomic mass is 16.5. The Morgan fingerprint density at radius 3 is 1.94 bits per heavy atom. The van der Waals surface area contributed by atoms with E-state index in [0.29, 0.717) is 0 Å². The van der Waals surface area contributed by atoms with Gasteiger partial charge in [-0.15, -0.1) is 0 Å². The van der Waals surface area contributed by atoms with Crippen LogP contribution in [0.2, 0.25) is 0 Å². The van der Waals surface area contributed by atoms with E-state index in [0.717, 1.165) is 0 Å². The van der Waals surface area contributed by atoms with Gasteiger partial charge < -0.3 is 14.7 Å². The zero-order valence-electron chi connectivity index (χ0n) is 11.5. The van der Waals surface area contributed by atoms with Crippen molar-refractivity contribution in [1.29, 1.82) is 0 Å². The zero-order valence-corrected chi connectivity index (χ0v) is 11.5. The highest BCUT2D eigenvalue weighted by Crippen LogP contribution is 2.16. The Hall–Kier alpha value is -1.59. The first-order valence-corrected chi connectivity index (χ1v) is 5.82. The van der Waals surface area contributed by atoms with Crippen LogP contribution in [0.25, 0.3) is 0 Å². The van der Waals surface area contributed by atoms with Crippen LogP contribution in [0.1, 0.15) is 27.7 Å². The number of carboxylic acid groups (broad SMARTS) is 1. The molecule has 0 aromatic heterocycles. The first-order chi connectivity index (χ1) is 8.22. The van der Waals surface area contributed by atoms with E-state index >= 15 is 0 Å². The van der Waals surface area contributed by atoms with Crippen molar-refractivity contribution in [3.63, 3.8) is 0 Å². The van der Waals surface area contributed by atoms with Crippen LogP contribution in [0.4, 0.5) is 0 Å². The zero-order chi connectivity index (χ0) is 14.5. The molecule has 0 saturated heterocycles. The Balaban J connectivity index is 4.86. The molecule has 0 bridgehead atoms. The molecule has 2 unspecified atom stereocenters. The smallest absolute Gasteiger partial charge is 0.325 e. The number of amides is 1. The number of hydrogen-bond donors (Lipinski definition) is 1. The van der Waals surface area contributed by atoms with E-state index in [1.807, 2.05) is 0 Å². The molecule has 6 nitrogen and oxygen atoms in total. The number of carbonyl (C=O) groups excluding carboxylic acids is 2. The van der Waals surface area contributed by atoms with Crippen molar-refractivity contribution >= 4 is 17.8 Å². The van der Waals surface area contributed by atoms with E-state index in [2.05, 4.69) is 4.74 Å². The van der Waals surface area contributed by atoms with Crippen molar-refractivity contribution in [3.05, 3.63) is 0 Å². The molecular weight excluding hydrogens is 238 g/mol. The molecule has 1 amide bonds. The number of aliphatic carboxylic acids is 1. The molecule has 0 heterocycles. The highest BCUT2D eigenvalue weighted by molar-refractivity contribution is 5.87. The van der Waals surface area contributed by atoms with Gasteiger partial charge in [-0.25, -0.2) is 0 Å². The number of ether oxygens (including phenoxy) is 1. The Labute approximate surface area is 107 Å². The summed E-state index contributed by atoms with van der Waals surface area (Å²) in [6, 6.07) is -0.194. The number of hydrogen-bond acceptors (Lipinski definition) is 4. The molecule has 2 atom stereocenters. The van der Waals surface area contributed by atoms with Gasteiger partial charge in [0, 0.05) is 12.0 Å². The van der Waals surface area contributed by atoms with Crippen molar-refractivity contribution in [2.75, 3.05) is 13.7 Å². The molecule has 0 fully saturated rings. The van der Waals surface area contributed by atoms with Gasteiger partial charge in [-0.05, 0) is 13.8 Å². The van der Waals surface area contributed by atoms with Gasteiger partial charge in [-0.1, -0.05) is 13.8 Å². The summed E-state index contributed by atoms with van der Waals surface area (Å²) in [7, 11) is 1.24. The molecule has 18 heavy (non-hydrogen) atoms. The SMILES string of the molecule is COC(=O)CN(C(=O)C(C)C(C)C(=O)O)C(C)C. The maximum Gasteiger partial charge on any atom is 0.325 e. The van der Waals surface area contributed by atoms with Gasteiger partial charge in [0.25, 0.3) is 0 Å². The van der Waals surface area contributed by atoms with Gasteiger partial charge in [0.1, 0.15) is 6.54 Å². The molecular formula is C12H21NO5. The number of esters is 1. The molecule has 0 aromatic rings. The van der Waals surface area contributed by atoms with Gasteiger partial charge in [-0.2, -0.15) is 0 Å². The Bertz CT molecular complexity index is 326. The molecule has 0 aliphatic rings. The average Bonchev–Trinajstić information content (AvgIpc) is 2.32. The van der Waals surface area contributed by atoms with Crippen LogP contribution in [-0.4, -0.2) is 47.5 Å². The second-order valence-electron chi connectivity index (χ2n) is 4.55. The van der Waals surface area contributed by atoms with Gasteiger partial charge in [0.2, 0.25) is 5.91 Å². The summed E-state index contributed by atoms with van der Waals surface area (Å²) in [5, 5.41) is 8.89. The minimum Gasteiger partial charge on any atom is -0.481 e. The average molecular weight is 259 g/mol. The lowest BCUT2D eigenvalue weighted by Crippen LogP contribution is -2.45. The van der Waals surface area contributed by atoms with E-state index in [9.17, 15) is 14.4 Å². The van der Waals surface area contributed by atoms with Gasteiger partial charge in [0.05, 0.1) is 13.0 Å². The third kappa shape index (κ3) is 4.35. The summed E-state index contributed by atoms with van der Waals surface area (Å²) in [5.41, 5.74) is 0. The van der Waals surface area contributed by atoms with Crippen LogP contribution in [0.15, 0.2) is 0 Å². The van der Waals surface area contributed by atoms with E-state index in [4.69, 9.17) is 5.11 Å². The molecule has 0 spiro atoms.